The maximum atomic E-state index is 5.12. The van der Waals surface area contributed by atoms with E-state index in [2.05, 4.69) is 33.8 Å². The molecule has 2 aromatic rings. The molecule has 5 nitrogen and oxygen atoms in total. The standard InChI is InChI=1S/C13H18N4O/c1-17-9-13(15-16-17)8-14-7-11-4-3-5-12(6-11)10-18-2/h3-6,9,14H,7-8,10H2,1-2H3. The van der Waals surface area contributed by atoms with Crippen LogP contribution in [0.4, 0.5) is 0 Å². The summed E-state index contributed by atoms with van der Waals surface area (Å²) in [5.74, 6) is 0. The molecule has 0 spiro atoms. The summed E-state index contributed by atoms with van der Waals surface area (Å²) in [5, 5.41) is 11.3. The Kier molecular flexibility index (Phi) is 4.44. The largest absolute Gasteiger partial charge is 0.380 e. The van der Waals surface area contributed by atoms with Gasteiger partial charge in [0.1, 0.15) is 0 Å². The highest BCUT2D eigenvalue weighted by atomic mass is 16.5. The lowest BCUT2D eigenvalue weighted by Gasteiger charge is -2.05. The van der Waals surface area contributed by atoms with E-state index in [1.54, 1.807) is 11.8 Å². The number of rotatable bonds is 6. The van der Waals surface area contributed by atoms with Crippen LogP contribution >= 0.6 is 0 Å². The maximum Gasteiger partial charge on any atom is 0.0964 e. The SMILES string of the molecule is COCc1cccc(CNCc2cn(C)nn2)c1. The first-order valence-corrected chi connectivity index (χ1v) is 5.90. The fraction of sp³-hybridized carbons (Fsp3) is 0.385. The monoisotopic (exact) mass is 246 g/mol. The fourth-order valence-corrected chi connectivity index (χ4v) is 1.81. The second kappa shape index (κ2) is 6.28. The lowest BCUT2D eigenvalue weighted by molar-refractivity contribution is 0.185. The molecule has 0 saturated carbocycles. The summed E-state index contributed by atoms with van der Waals surface area (Å²) >= 11 is 0. The molecule has 0 aliphatic rings. The molecule has 96 valence electrons. The number of benzene rings is 1. The van der Waals surface area contributed by atoms with Gasteiger partial charge in [-0.05, 0) is 11.1 Å². The van der Waals surface area contributed by atoms with Gasteiger partial charge in [0, 0.05) is 33.4 Å². The second-order valence-corrected chi connectivity index (χ2v) is 4.24. The van der Waals surface area contributed by atoms with Gasteiger partial charge in [-0.15, -0.1) is 5.10 Å². The molecule has 0 aliphatic carbocycles. The van der Waals surface area contributed by atoms with E-state index < -0.39 is 0 Å². The first-order chi connectivity index (χ1) is 8.78. The Morgan fingerprint density at radius 2 is 2.11 bits per heavy atom. The van der Waals surface area contributed by atoms with Gasteiger partial charge in [-0.25, -0.2) is 0 Å². The van der Waals surface area contributed by atoms with Crippen molar-refractivity contribution in [3.63, 3.8) is 0 Å². The lowest BCUT2D eigenvalue weighted by atomic mass is 10.1. The summed E-state index contributed by atoms with van der Waals surface area (Å²) in [7, 11) is 3.57. The Labute approximate surface area is 107 Å². The van der Waals surface area contributed by atoms with E-state index in [0.717, 1.165) is 18.8 Å². The molecule has 0 atom stereocenters. The Balaban J connectivity index is 1.84. The highest BCUT2D eigenvalue weighted by molar-refractivity contribution is 5.22. The van der Waals surface area contributed by atoms with Crippen molar-refractivity contribution in [2.45, 2.75) is 19.7 Å². The van der Waals surface area contributed by atoms with Gasteiger partial charge in [0.2, 0.25) is 0 Å². The first-order valence-electron chi connectivity index (χ1n) is 5.90. The zero-order valence-corrected chi connectivity index (χ0v) is 10.8. The minimum absolute atomic E-state index is 0.651. The van der Waals surface area contributed by atoms with Crippen LogP contribution in [0.1, 0.15) is 16.8 Å². The molecule has 1 aromatic heterocycles. The number of methoxy groups -OCH3 is 1. The van der Waals surface area contributed by atoms with Crippen molar-refractivity contribution in [1.29, 1.82) is 0 Å². The van der Waals surface area contributed by atoms with Crippen LogP contribution in [0.25, 0.3) is 0 Å². The highest BCUT2D eigenvalue weighted by Gasteiger charge is 1.99. The molecule has 5 heteroatoms. The molecule has 0 saturated heterocycles. The zero-order chi connectivity index (χ0) is 12.8. The van der Waals surface area contributed by atoms with Crippen LogP contribution in [-0.4, -0.2) is 22.1 Å². The third-order valence-electron chi connectivity index (χ3n) is 2.59. The van der Waals surface area contributed by atoms with Gasteiger partial charge in [0.05, 0.1) is 12.3 Å². The van der Waals surface area contributed by atoms with Gasteiger partial charge in [0.15, 0.2) is 0 Å². The normalized spacial score (nSPS) is 10.8. The minimum atomic E-state index is 0.651. The molecule has 1 N–H and O–H groups in total. The van der Waals surface area contributed by atoms with Crippen LogP contribution in [0.2, 0.25) is 0 Å². The van der Waals surface area contributed by atoms with E-state index in [1.165, 1.54) is 11.1 Å². The molecule has 0 unspecified atom stereocenters. The summed E-state index contributed by atoms with van der Waals surface area (Å²) < 4.78 is 6.82. The minimum Gasteiger partial charge on any atom is -0.380 e. The van der Waals surface area contributed by atoms with Crippen LogP contribution in [0, 0.1) is 0 Å². The quantitative estimate of drug-likeness (QED) is 0.833. The molecule has 1 heterocycles. The fourth-order valence-electron chi connectivity index (χ4n) is 1.81. The Morgan fingerprint density at radius 3 is 2.83 bits per heavy atom. The average molecular weight is 246 g/mol. The van der Waals surface area contributed by atoms with Crippen molar-refractivity contribution in [3.05, 3.63) is 47.3 Å². The van der Waals surface area contributed by atoms with Crippen LogP contribution in [0.3, 0.4) is 0 Å². The highest BCUT2D eigenvalue weighted by Crippen LogP contribution is 2.06. The summed E-state index contributed by atoms with van der Waals surface area (Å²) in [5.41, 5.74) is 3.38. The van der Waals surface area contributed by atoms with Crippen molar-refractivity contribution < 1.29 is 4.74 Å². The van der Waals surface area contributed by atoms with Crippen LogP contribution in [0.15, 0.2) is 30.5 Å². The maximum absolute atomic E-state index is 5.12. The number of hydrogen-bond acceptors (Lipinski definition) is 4. The first kappa shape index (κ1) is 12.7. The summed E-state index contributed by atoms with van der Waals surface area (Å²) in [6, 6.07) is 8.36. The van der Waals surface area contributed by atoms with Gasteiger partial charge in [0.25, 0.3) is 0 Å². The Bertz CT molecular complexity index is 495. The zero-order valence-electron chi connectivity index (χ0n) is 10.8. The molecule has 18 heavy (non-hydrogen) atoms. The van der Waals surface area contributed by atoms with E-state index in [9.17, 15) is 0 Å². The predicted molar refractivity (Wildman–Crippen MR) is 68.7 cm³/mol. The average Bonchev–Trinajstić information content (AvgIpc) is 2.76. The van der Waals surface area contributed by atoms with E-state index in [4.69, 9.17) is 4.74 Å². The van der Waals surface area contributed by atoms with Crippen LogP contribution in [0.5, 0.6) is 0 Å². The number of ether oxygens (including phenoxy) is 1. The third-order valence-corrected chi connectivity index (χ3v) is 2.59. The van der Waals surface area contributed by atoms with E-state index in [-0.39, 0.29) is 0 Å². The van der Waals surface area contributed by atoms with Crippen molar-refractivity contribution in [1.82, 2.24) is 20.3 Å². The molecule has 2 rings (SSSR count). The van der Waals surface area contributed by atoms with E-state index in [1.807, 2.05) is 19.3 Å². The van der Waals surface area contributed by atoms with Crippen molar-refractivity contribution in [3.8, 4) is 0 Å². The number of nitrogens with zero attached hydrogens (tertiary/aromatic N) is 3. The Hall–Kier alpha value is -1.72. The molecule has 0 aliphatic heterocycles. The van der Waals surface area contributed by atoms with Crippen LogP contribution < -0.4 is 5.32 Å². The van der Waals surface area contributed by atoms with Gasteiger partial charge in [-0.2, -0.15) is 0 Å². The topological polar surface area (TPSA) is 52.0 Å². The second-order valence-electron chi connectivity index (χ2n) is 4.24. The molecule has 0 fully saturated rings. The molecular weight excluding hydrogens is 228 g/mol. The van der Waals surface area contributed by atoms with E-state index in [0.29, 0.717) is 6.61 Å². The number of nitrogens with one attached hydrogen (secondary N) is 1. The summed E-state index contributed by atoms with van der Waals surface area (Å²) in [4.78, 5) is 0. The van der Waals surface area contributed by atoms with Crippen molar-refractivity contribution in [2.75, 3.05) is 7.11 Å². The van der Waals surface area contributed by atoms with Crippen LogP contribution in [-0.2, 0) is 31.5 Å². The number of aromatic nitrogens is 3. The van der Waals surface area contributed by atoms with E-state index >= 15 is 0 Å². The molecule has 0 amide bonds. The summed E-state index contributed by atoms with van der Waals surface area (Å²) in [6.45, 7) is 2.19. The number of aryl methyl sites for hydroxylation is 1. The smallest absolute Gasteiger partial charge is 0.0964 e. The summed E-state index contributed by atoms with van der Waals surface area (Å²) in [6.07, 6.45) is 1.91. The molecule has 0 radical (unpaired) electrons. The Morgan fingerprint density at radius 1 is 1.28 bits per heavy atom. The van der Waals surface area contributed by atoms with Gasteiger partial charge < -0.3 is 10.1 Å². The number of hydrogen-bond donors (Lipinski definition) is 1. The van der Waals surface area contributed by atoms with Gasteiger partial charge >= 0.3 is 0 Å². The van der Waals surface area contributed by atoms with Gasteiger partial charge in [-0.1, -0.05) is 29.5 Å². The molecule has 0 bridgehead atoms. The lowest BCUT2D eigenvalue weighted by Crippen LogP contribution is -2.13. The molecular formula is C13H18N4O. The molecule has 1 aromatic carbocycles. The van der Waals surface area contributed by atoms with Gasteiger partial charge in [-0.3, -0.25) is 4.68 Å². The van der Waals surface area contributed by atoms with Crippen molar-refractivity contribution >= 4 is 0 Å². The van der Waals surface area contributed by atoms with Crippen molar-refractivity contribution in [2.24, 2.45) is 7.05 Å². The predicted octanol–water partition coefficient (Wildman–Crippen LogP) is 1.25. The third kappa shape index (κ3) is 3.65.